The Morgan fingerprint density at radius 1 is 1.43 bits per heavy atom. The molecular formula is C11H21NO2. The van der Waals surface area contributed by atoms with Crippen molar-refractivity contribution in [1.82, 2.24) is 0 Å². The smallest absolute Gasteiger partial charge is 0.306 e. The Hall–Kier alpha value is -0.570. The van der Waals surface area contributed by atoms with E-state index in [9.17, 15) is 4.79 Å². The fourth-order valence-corrected chi connectivity index (χ4v) is 1.81. The van der Waals surface area contributed by atoms with Crippen LogP contribution in [0.3, 0.4) is 0 Å². The Morgan fingerprint density at radius 3 is 2.29 bits per heavy atom. The van der Waals surface area contributed by atoms with Crippen molar-refractivity contribution >= 4 is 5.97 Å². The van der Waals surface area contributed by atoms with E-state index in [2.05, 4.69) is 0 Å². The third kappa shape index (κ3) is 2.98. The third-order valence-electron chi connectivity index (χ3n) is 2.79. The summed E-state index contributed by atoms with van der Waals surface area (Å²) in [4.78, 5) is 11.5. The molecule has 0 heterocycles. The average Bonchev–Trinajstić information content (AvgIpc) is 1.93. The second-order valence-corrected chi connectivity index (χ2v) is 5.32. The van der Waals surface area contributed by atoms with Gasteiger partial charge in [-0.1, -0.05) is 6.42 Å². The van der Waals surface area contributed by atoms with E-state index >= 15 is 0 Å². The van der Waals surface area contributed by atoms with Crippen LogP contribution in [0.15, 0.2) is 0 Å². The molecule has 0 atom stereocenters. The first kappa shape index (κ1) is 11.5. The minimum atomic E-state index is -0.378. The molecule has 0 aromatic rings. The zero-order valence-electron chi connectivity index (χ0n) is 9.43. The molecule has 1 aliphatic rings. The molecule has 0 spiro atoms. The number of carbonyl (C=O) groups excluding carboxylic acids is 1. The Bertz CT molecular complexity index is 208. The number of rotatable bonds is 3. The fraction of sp³-hybridized carbons (Fsp3) is 0.909. The van der Waals surface area contributed by atoms with Gasteiger partial charge in [-0.2, -0.15) is 0 Å². The lowest BCUT2D eigenvalue weighted by atomic mass is 9.67. The Balaban J connectivity index is 2.40. The van der Waals surface area contributed by atoms with Gasteiger partial charge in [-0.3, -0.25) is 4.79 Å². The van der Waals surface area contributed by atoms with Crippen LogP contribution >= 0.6 is 0 Å². The molecule has 0 aromatic carbocycles. The summed E-state index contributed by atoms with van der Waals surface area (Å²) in [5.41, 5.74) is 5.35. The second kappa shape index (κ2) is 3.89. The predicted octanol–water partition coefficient (Wildman–Crippen LogP) is 1.85. The van der Waals surface area contributed by atoms with Crippen LogP contribution in [0.25, 0.3) is 0 Å². The van der Waals surface area contributed by atoms with Gasteiger partial charge in [0.25, 0.3) is 0 Å². The zero-order chi connectivity index (χ0) is 10.8. The van der Waals surface area contributed by atoms with E-state index < -0.39 is 0 Å². The summed E-state index contributed by atoms with van der Waals surface area (Å²) < 4.78 is 5.28. The summed E-state index contributed by atoms with van der Waals surface area (Å²) in [7, 11) is 0. The van der Waals surface area contributed by atoms with Crippen molar-refractivity contribution < 1.29 is 9.53 Å². The van der Waals surface area contributed by atoms with Crippen LogP contribution < -0.4 is 5.73 Å². The van der Waals surface area contributed by atoms with Gasteiger partial charge in [0.1, 0.15) is 5.60 Å². The first-order valence-corrected chi connectivity index (χ1v) is 5.29. The van der Waals surface area contributed by atoms with E-state index in [1.54, 1.807) is 0 Å². The molecule has 0 aromatic heterocycles. The Morgan fingerprint density at radius 2 is 2.00 bits per heavy atom. The van der Waals surface area contributed by atoms with E-state index in [1.807, 2.05) is 20.8 Å². The van der Waals surface area contributed by atoms with E-state index in [4.69, 9.17) is 10.5 Å². The van der Waals surface area contributed by atoms with Crippen molar-refractivity contribution in [2.45, 2.75) is 52.1 Å². The van der Waals surface area contributed by atoms with E-state index in [1.165, 1.54) is 6.42 Å². The second-order valence-electron chi connectivity index (χ2n) is 5.32. The van der Waals surface area contributed by atoms with Crippen LogP contribution in [0.2, 0.25) is 0 Å². The van der Waals surface area contributed by atoms with Crippen LogP contribution in [0.4, 0.5) is 0 Å². The molecule has 3 heteroatoms. The van der Waals surface area contributed by atoms with Gasteiger partial charge in [-0.05, 0) is 45.6 Å². The molecule has 2 N–H and O–H groups in total. The van der Waals surface area contributed by atoms with Gasteiger partial charge in [0.15, 0.2) is 0 Å². The molecule has 0 amide bonds. The molecule has 0 aliphatic heterocycles. The van der Waals surface area contributed by atoms with Crippen LogP contribution in [-0.4, -0.2) is 18.1 Å². The molecule has 14 heavy (non-hydrogen) atoms. The lowest BCUT2D eigenvalue weighted by Crippen LogP contribution is -2.40. The maximum atomic E-state index is 11.5. The highest BCUT2D eigenvalue weighted by atomic mass is 16.6. The summed E-state index contributed by atoms with van der Waals surface area (Å²) in [6.07, 6.45) is 3.83. The van der Waals surface area contributed by atoms with E-state index in [0.29, 0.717) is 13.0 Å². The van der Waals surface area contributed by atoms with Crippen molar-refractivity contribution in [3.8, 4) is 0 Å². The highest BCUT2D eigenvalue weighted by Crippen LogP contribution is 2.43. The largest absolute Gasteiger partial charge is 0.460 e. The van der Waals surface area contributed by atoms with E-state index in [0.717, 1.165) is 12.8 Å². The summed E-state index contributed by atoms with van der Waals surface area (Å²) >= 11 is 0. The third-order valence-corrected chi connectivity index (χ3v) is 2.79. The fourth-order valence-electron chi connectivity index (χ4n) is 1.81. The molecule has 3 nitrogen and oxygen atoms in total. The molecule has 1 saturated carbocycles. The van der Waals surface area contributed by atoms with E-state index in [-0.39, 0.29) is 17.0 Å². The lowest BCUT2D eigenvalue weighted by Gasteiger charge is -2.40. The van der Waals surface area contributed by atoms with Crippen molar-refractivity contribution in [3.63, 3.8) is 0 Å². The number of esters is 1. The minimum absolute atomic E-state index is 0.0579. The highest BCUT2D eigenvalue weighted by molar-refractivity contribution is 5.71. The minimum Gasteiger partial charge on any atom is -0.460 e. The number of hydrogen-bond donors (Lipinski definition) is 1. The average molecular weight is 199 g/mol. The van der Waals surface area contributed by atoms with Crippen molar-refractivity contribution in [3.05, 3.63) is 0 Å². The molecule has 0 saturated heterocycles. The van der Waals surface area contributed by atoms with Crippen molar-refractivity contribution in [2.75, 3.05) is 6.54 Å². The summed E-state index contributed by atoms with van der Waals surface area (Å²) in [5, 5.41) is 0. The number of nitrogens with two attached hydrogens (primary N) is 1. The molecule has 1 fully saturated rings. The van der Waals surface area contributed by atoms with Crippen LogP contribution in [0.1, 0.15) is 46.5 Å². The lowest BCUT2D eigenvalue weighted by molar-refractivity contribution is -0.159. The normalized spacial score (nSPS) is 20.0. The molecule has 1 rings (SSSR count). The SMILES string of the molecule is CC(C)(C)OC(=O)CC1(CN)CCC1. The van der Waals surface area contributed by atoms with Gasteiger partial charge in [0.05, 0.1) is 6.42 Å². The summed E-state index contributed by atoms with van der Waals surface area (Å²) in [6, 6.07) is 0. The van der Waals surface area contributed by atoms with Gasteiger partial charge >= 0.3 is 5.97 Å². The molecular weight excluding hydrogens is 178 g/mol. The Labute approximate surface area is 86.0 Å². The number of carbonyl (C=O) groups is 1. The van der Waals surface area contributed by atoms with Crippen molar-refractivity contribution in [1.29, 1.82) is 0 Å². The Kier molecular flexibility index (Phi) is 3.20. The van der Waals surface area contributed by atoms with Gasteiger partial charge in [-0.25, -0.2) is 0 Å². The number of ether oxygens (including phenoxy) is 1. The topological polar surface area (TPSA) is 52.3 Å². The van der Waals surface area contributed by atoms with Gasteiger partial charge in [0.2, 0.25) is 0 Å². The van der Waals surface area contributed by atoms with Gasteiger partial charge in [0, 0.05) is 0 Å². The molecule has 1 aliphatic carbocycles. The van der Waals surface area contributed by atoms with Crippen LogP contribution in [0, 0.1) is 5.41 Å². The standard InChI is InChI=1S/C11H21NO2/c1-10(2,3)14-9(13)7-11(8-12)5-4-6-11/h4-8,12H2,1-3H3. The molecule has 82 valence electrons. The van der Waals surface area contributed by atoms with Crippen LogP contribution in [0.5, 0.6) is 0 Å². The van der Waals surface area contributed by atoms with Gasteiger partial charge < -0.3 is 10.5 Å². The first-order valence-electron chi connectivity index (χ1n) is 5.29. The summed E-state index contributed by atoms with van der Waals surface area (Å²) in [5.74, 6) is -0.109. The highest BCUT2D eigenvalue weighted by Gasteiger charge is 2.38. The van der Waals surface area contributed by atoms with Crippen LogP contribution in [-0.2, 0) is 9.53 Å². The zero-order valence-corrected chi connectivity index (χ0v) is 9.43. The van der Waals surface area contributed by atoms with Crippen molar-refractivity contribution in [2.24, 2.45) is 11.1 Å². The first-order chi connectivity index (χ1) is 6.37. The quantitative estimate of drug-likeness (QED) is 0.706. The molecule has 0 bridgehead atoms. The maximum absolute atomic E-state index is 11.5. The number of hydrogen-bond acceptors (Lipinski definition) is 3. The van der Waals surface area contributed by atoms with Gasteiger partial charge in [-0.15, -0.1) is 0 Å². The summed E-state index contributed by atoms with van der Waals surface area (Å²) in [6.45, 7) is 6.27. The predicted molar refractivity (Wildman–Crippen MR) is 55.8 cm³/mol. The molecule has 0 unspecified atom stereocenters. The maximum Gasteiger partial charge on any atom is 0.306 e. The molecule has 0 radical (unpaired) electrons. The monoisotopic (exact) mass is 199 g/mol.